The summed E-state index contributed by atoms with van der Waals surface area (Å²) in [7, 11) is -2.05. The number of halogens is 1. The smallest absolute Gasteiger partial charge is 0.0855 e. The van der Waals surface area contributed by atoms with E-state index in [9.17, 15) is 8.42 Å². The van der Waals surface area contributed by atoms with Gasteiger partial charge in [0.15, 0.2) is 0 Å². The Morgan fingerprint density at radius 3 is 1.39 bits per heavy atom. The van der Waals surface area contributed by atoms with E-state index in [-0.39, 0.29) is 0 Å². The summed E-state index contributed by atoms with van der Waals surface area (Å²) in [5.74, 6) is 0. The van der Waals surface area contributed by atoms with Crippen molar-refractivity contribution in [1.82, 2.24) is 0 Å². The first kappa shape index (κ1) is 20.4. The lowest BCUT2D eigenvalue weighted by Gasteiger charge is -2.18. The van der Waals surface area contributed by atoms with E-state index in [4.69, 9.17) is 11.6 Å². The normalized spacial score (nSPS) is 16.1. The van der Waals surface area contributed by atoms with Crippen molar-refractivity contribution in [1.29, 1.82) is 0 Å². The van der Waals surface area contributed by atoms with Crippen molar-refractivity contribution in [3.63, 3.8) is 0 Å². The average molecular weight is 463 g/mol. The topological polar surface area (TPSA) is 34.1 Å². The zero-order valence-corrected chi connectivity index (χ0v) is 19.0. The zero-order chi connectivity index (χ0) is 21.4. The third-order valence-corrected chi connectivity index (χ3v) is 8.93. The van der Waals surface area contributed by atoms with E-state index < -0.39 is 21.6 Å². The average Bonchev–Trinajstić information content (AvgIpc) is 2.80. The lowest BCUT2D eigenvalue weighted by atomic mass is 10.0. The summed E-state index contributed by atoms with van der Waals surface area (Å²) in [5.41, 5.74) is 4.59. The maximum absolute atomic E-state index is 12.3. The van der Waals surface area contributed by atoms with Crippen LogP contribution in [0, 0.1) is 0 Å². The molecule has 2 aliphatic rings. The van der Waals surface area contributed by atoms with Crippen molar-refractivity contribution in [2.24, 2.45) is 0 Å². The van der Waals surface area contributed by atoms with Crippen LogP contribution in [0.4, 0.5) is 0 Å². The highest BCUT2D eigenvalue weighted by molar-refractivity contribution is 7.85. The Kier molecular flexibility index (Phi) is 5.61. The molecule has 2 nitrogen and oxygen atoms in total. The van der Waals surface area contributed by atoms with E-state index in [1.807, 2.05) is 72.8 Å². The molecule has 0 amide bonds. The maximum Gasteiger partial charge on any atom is 0.0855 e. The number of fused-ring (bicyclic) bond motifs is 4. The van der Waals surface area contributed by atoms with Crippen molar-refractivity contribution < 1.29 is 8.42 Å². The first-order valence-corrected chi connectivity index (χ1v) is 12.7. The van der Waals surface area contributed by atoms with Gasteiger partial charge in [-0.25, -0.2) is 8.42 Å². The van der Waals surface area contributed by atoms with Gasteiger partial charge in [-0.3, -0.25) is 0 Å². The second-order valence-corrected chi connectivity index (χ2v) is 10.7. The van der Waals surface area contributed by atoms with Crippen LogP contribution in [-0.2, 0) is 34.4 Å². The van der Waals surface area contributed by atoms with E-state index in [0.29, 0.717) is 5.02 Å². The number of hydrogen-bond donors (Lipinski definition) is 0. The molecule has 0 aliphatic carbocycles. The first-order chi connectivity index (χ1) is 15.1. The Morgan fingerprint density at radius 1 is 0.516 bits per heavy atom. The van der Waals surface area contributed by atoms with Crippen LogP contribution in [0.3, 0.4) is 0 Å². The van der Waals surface area contributed by atoms with Crippen molar-refractivity contribution in [2.45, 2.75) is 32.4 Å². The molecule has 1 atom stereocenters. The highest BCUT2D eigenvalue weighted by Crippen LogP contribution is 2.33. The molecule has 1 unspecified atom stereocenters. The van der Waals surface area contributed by atoms with Gasteiger partial charge in [-0.1, -0.05) is 66.2 Å². The quantitative estimate of drug-likeness (QED) is 0.270. The monoisotopic (exact) mass is 462 g/mol. The van der Waals surface area contributed by atoms with Crippen LogP contribution in [0.2, 0.25) is 5.02 Å². The molecular weight excluding hydrogens is 444 g/mol. The summed E-state index contributed by atoms with van der Waals surface area (Å²) in [4.78, 5) is 3.76. The second-order valence-electron chi connectivity index (χ2n) is 7.47. The van der Waals surface area contributed by atoms with Crippen molar-refractivity contribution in [3.8, 4) is 0 Å². The largest absolute Gasteiger partial charge is 0.249 e. The van der Waals surface area contributed by atoms with Gasteiger partial charge in [-0.15, -0.1) is 0 Å². The van der Waals surface area contributed by atoms with Crippen molar-refractivity contribution in [3.05, 3.63) is 118 Å². The van der Waals surface area contributed by atoms with E-state index >= 15 is 0 Å². The molecule has 0 aromatic heterocycles. The number of rotatable bonds is 0. The predicted octanol–water partition coefficient (Wildman–Crippen LogP) is 6.17. The van der Waals surface area contributed by atoms with Crippen molar-refractivity contribution in [2.75, 3.05) is 0 Å². The minimum atomic E-state index is -1.06. The molecule has 0 spiro atoms. The van der Waals surface area contributed by atoms with Gasteiger partial charge < -0.3 is 0 Å². The molecule has 0 saturated carbocycles. The minimum Gasteiger partial charge on any atom is -0.249 e. The molecule has 154 valence electrons. The van der Waals surface area contributed by atoms with Gasteiger partial charge in [0.1, 0.15) is 0 Å². The standard InChI is InChI=1S/C13H9ClOS.C13H10OS/c14-11-5-6-13-10(8-11)7-9-3-1-2-4-12(9)16(13)15;14-15-12-7-3-1-5-10(12)9-11-6-2-4-8-13(11)15/h1-6,8H,7H2;1-8H,9H2. The SMILES string of the molecule is O=S1c2ccccc2Cc2cc(Cl)ccc21.O=S1c2ccccc2Cc2ccccc21. The molecular formula is C26H19ClO2S2. The Balaban J connectivity index is 0.000000132. The number of hydrogen-bond acceptors (Lipinski definition) is 2. The highest BCUT2D eigenvalue weighted by atomic mass is 35.5. The van der Waals surface area contributed by atoms with Crippen LogP contribution in [-0.4, -0.2) is 8.42 Å². The van der Waals surface area contributed by atoms with Gasteiger partial charge in [0.05, 0.1) is 21.6 Å². The van der Waals surface area contributed by atoms with E-state index in [2.05, 4.69) is 12.1 Å². The van der Waals surface area contributed by atoms with Gasteiger partial charge in [-0.2, -0.15) is 0 Å². The molecule has 0 bridgehead atoms. The molecule has 0 saturated heterocycles. The Morgan fingerprint density at radius 2 is 0.903 bits per heavy atom. The fourth-order valence-corrected chi connectivity index (χ4v) is 6.98. The molecule has 2 heterocycles. The molecule has 0 N–H and O–H groups in total. The molecule has 4 aromatic carbocycles. The summed E-state index contributed by atoms with van der Waals surface area (Å²) in [5, 5.41) is 0.704. The van der Waals surface area contributed by atoms with Crippen LogP contribution in [0.1, 0.15) is 22.3 Å². The summed E-state index contributed by atoms with van der Waals surface area (Å²) < 4.78 is 24.5. The van der Waals surface area contributed by atoms with Gasteiger partial charge >= 0.3 is 0 Å². The predicted molar refractivity (Wildman–Crippen MR) is 126 cm³/mol. The summed E-state index contributed by atoms with van der Waals surface area (Å²) in [6, 6.07) is 29.4. The fraction of sp³-hybridized carbons (Fsp3) is 0.0769. The third kappa shape index (κ3) is 3.91. The van der Waals surface area contributed by atoms with E-state index in [1.165, 1.54) is 11.1 Å². The zero-order valence-electron chi connectivity index (χ0n) is 16.6. The first-order valence-electron chi connectivity index (χ1n) is 9.97. The number of benzene rings is 4. The van der Waals surface area contributed by atoms with Crippen LogP contribution in [0.5, 0.6) is 0 Å². The van der Waals surface area contributed by atoms with Crippen LogP contribution in [0.25, 0.3) is 0 Å². The van der Waals surface area contributed by atoms with E-state index in [1.54, 1.807) is 6.07 Å². The molecule has 6 rings (SSSR count). The molecule has 2 aliphatic heterocycles. The van der Waals surface area contributed by atoms with Crippen LogP contribution in [0.15, 0.2) is 111 Å². The Hall–Kier alpha value is -2.53. The summed E-state index contributed by atoms with van der Waals surface area (Å²) in [6.07, 6.45) is 1.72. The molecule has 0 fully saturated rings. The van der Waals surface area contributed by atoms with Crippen LogP contribution < -0.4 is 0 Å². The van der Waals surface area contributed by atoms with Crippen molar-refractivity contribution >= 4 is 33.2 Å². The Bertz CT molecular complexity index is 1300. The molecule has 0 radical (unpaired) electrons. The third-order valence-electron chi connectivity index (χ3n) is 5.50. The second kappa shape index (κ2) is 8.54. The van der Waals surface area contributed by atoms with E-state index in [0.717, 1.165) is 43.6 Å². The lowest BCUT2D eigenvalue weighted by molar-refractivity contribution is 0.678. The fourth-order valence-electron chi connectivity index (χ4n) is 4.01. The van der Waals surface area contributed by atoms with Gasteiger partial charge in [0.2, 0.25) is 0 Å². The summed E-state index contributed by atoms with van der Waals surface area (Å²) >= 11 is 5.95. The molecule has 4 aromatic rings. The maximum atomic E-state index is 12.3. The van der Waals surface area contributed by atoms with Gasteiger partial charge in [0.25, 0.3) is 0 Å². The van der Waals surface area contributed by atoms with Gasteiger partial charge in [0, 0.05) is 24.6 Å². The summed E-state index contributed by atoms with van der Waals surface area (Å²) in [6.45, 7) is 0. The van der Waals surface area contributed by atoms with Gasteiger partial charge in [-0.05, 0) is 71.5 Å². The minimum absolute atomic E-state index is 0.704. The lowest BCUT2D eigenvalue weighted by Crippen LogP contribution is -2.08. The molecule has 5 heteroatoms. The van der Waals surface area contributed by atoms with Crippen LogP contribution >= 0.6 is 11.6 Å². The molecule has 31 heavy (non-hydrogen) atoms. The Labute approximate surface area is 191 Å². The highest BCUT2D eigenvalue weighted by Gasteiger charge is 2.22.